The van der Waals surface area contributed by atoms with Crippen molar-refractivity contribution in [1.82, 2.24) is 20.8 Å². The zero-order chi connectivity index (χ0) is 13.6. The third-order valence-electron chi connectivity index (χ3n) is 4.27. The van der Waals surface area contributed by atoms with Crippen LogP contribution in [0.5, 0.6) is 0 Å². The summed E-state index contributed by atoms with van der Waals surface area (Å²) in [5.41, 5.74) is 1.54. The first kappa shape index (κ1) is 17.3. The van der Waals surface area contributed by atoms with Gasteiger partial charge in [-0.3, -0.25) is 10.1 Å². The predicted octanol–water partition coefficient (Wildman–Crippen LogP) is 2.66. The van der Waals surface area contributed by atoms with Crippen LogP contribution in [0.15, 0.2) is 17.3 Å². The molecule has 0 radical (unpaired) electrons. The molecule has 1 aliphatic rings. The van der Waals surface area contributed by atoms with Crippen molar-refractivity contribution in [2.75, 3.05) is 13.6 Å². The lowest BCUT2D eigenvalue weighted by molar-refractivity contribution is 0.283. The summed E-state index contributed by atoms with van der Waals surface area (Å²) in [5.74, 6) is 0.870. The quantitative estimate of drug-likeness (QED) is 0.411. The van der Waals surface area contributed by atoms with E-state index in [2.05, 4.69) is 32.7 Å². The average molecular weight is 391 g/mol. The first-order valence-corrected chi connectivity index (χ1v) is 7.21. The molecule has 0 amide bonds. The molecule has 1 aromatic rings. The van der Waals surface area contributed by atoms with E-state index in [4.69, 9.17) is 0 Å². The molecule has 114 valence electrons. The number of aromatic amines is 1. The predicted molar refractivity (Wildman–Crippen MR) is 93.4 cm³/mol. The highest BCUT2D eigenvalue weighted by Crippen LogP contribution is 2.40. The van der Waals surface area contributed by atoms with Crippen molar-refractivity contribution in [2.45, 2.75) is 45.6 Å². The SMILES string of the molecule is CCC1(CNC(=NC)NCc2ccn[nH]2)CCCC1.I. The van der Waals surface area contributed by atoms with Gasteiger partial charge in [0.25, 0.3) is 0 Å². The second kappa shape index (κ2) is 8.49. The molecule has 1 aromatic heterocycles. The Morgan fingerprint density at radius 2 is 2.15 bits per heavy atom. The Kier molecular flexibility index (Phi) is 7.32. The minimum atomic E-state index is 0. The van der Waals surface area contributed by atoms with E-state index in [9.17, 15) is 0 Å². The third-order valence-corrected chi connectivity index (χ3v) is 4.27. The van der Waals surface area contributed by atoms with E-state index in [1.54, 1.807) is 6.20 Å². The van der Waals surface area contributed by atoms with Gasteiger partial charge in [-0.1, -0.05) is 19.8 Å². The van der Waals surface area contributed by atoms with Crippen molar-refractivity contribution in [1.29, 1.82) is 0 Å². The lowest BCUT2D eigenvalue weighted by Gasteiger charge is -2.28. The van der Waals surface area contributed by atoms with Gasteiger partial charge in [0.15, 0.2) is 5.96 Å². The van der Waals surface area contributed by atoms with Gasteiger partial charge in [-0.15, -0.1) is 24.0 Å². The normalized spacial score (nSPS) is 17.6. The molecule has 20 heavy (non-hydrogen) atoms. The maximum Gasteiger partial charge on any atom is 0.191 e. The summed E-state index contributed by atoms with van der Waals surface area (Å²) < 4.78 is 0. The number of hydrogen-bond donors (Lipinski definition) is 3. The van der Waals surface area contributed by atoms with Crippen molar-refractivity contribution >= 4 is 29.9 Å². The molecule has 1 fully saturated rings. The number of aliphatic imine (C=N–C) groups is 1. The highest BCUT2D eigenvalue weighted by Gasteiger charge is 2.31. The molecule has 3 N–H and O–H groups in total. The number of guanidine groups is 1. The van der Waals surface area contributed by atoms with Crippen LogP contribution in [-0.4, -0.2) is 29.7 Å². The Bertz CT molecular complexity index is 396. The molecular weight excluding hydrogens is 365 g/mol. The zero-order valence-electron chi connectivity index (χ0n) is 12.4. The van der Waals surface area contributed by atoms with Crippen molar-refractivity contribution in [3.63, 3.8) is 0 Å². The summed E-state index contributed by atoms with van der Waals surface area (Å²) in [6, 6.07) is 1.96. The third kappa shape index (κ3) is 4.64. The van der Waals surface area contributed by atoms with Gasteiger partial charge in [-0.2, -0.15) is 5.10 Å². The lowest BCUT2D eigenvalue weighted by Crippen LogP contribution is -2.42. The number of aromatic nitrogens is 2. The summed E-state index contributed by atoms with van der Waals surface area (Å²) in [5, 5.41) is 13.6. The van der Waals surface area contributed by atoms with E-state index in [1.807, 2.05) is 13.1 Å². The number of halogens is 1. The van der Waals surface area contributed by atoms with Crippen LogP contribution in [0, 0.1) is 5.41 Å². The Morgan fingerprint density at radius 3 is 2.70 bits per heavy atom. The van der Waals surface area contributed by atoms with E-state index in [0.29, 0.717) is 5.41 Å². The fourth-order valence-corrected chi connectivity index (χ4v) is 2.83. The van der Waals surface area contributed by atoms with Crippen LogP contribution >= 0.6 is 24.0 Å². The Hall–Kier alpha value is -0.790. The summed E-state index contributed by atoms with van der Waals surface area (Å²) in [6.45, 7) is 4.04. The van der Waals surface area contributed by atoms with Crippen molar-refractivity contribution in [3.05, 3.63) is 18.0 Å². The van der Waals surface area contributed by atoms with E-state index < -0.39 is 0 Å². The van der Waals surface area contributed by atoms with E-state index >= 15 is 0 Å². The van der Waals surface area contributed by atoms with Crippen LogP contribution in [0.25, 0.3) is 0 Å². The molecule has 0 atom stereocenters. The van der Waals surface area contributed by atoms with Gasteiger partial charge in [0.1, 0.15) is 0 Å². The fraction of sp³-hybridized carbons (Fsp3) is 0.714. The summed E-state index contributed by atoms with van der Waals surface area (Å²) in [7, 11) is 1.82. The highest BCUT2D eigenvalue weighted by molar-refractivity contribution is 14.0. The Balaban J connectivity index is 0.00000200. The molecule has 0 bridgehead atoms. The molecule has 2 rings (SSSR count). The van der Waals surface area contributed by atoms with Gasteiger partial charge >= 0.3 is 0 Å². The van der Waals surface area contributed by atoms with E-state index in [0.717, 1.165) is 24.7 Å². The van der Waals surface area contributed by atoms with Crippen LogP contribution in [0.1, 0.15) is 44.7 Å². The molecule has 1 saturated carbocycles. The minimum absolute atomic E-state index is 0. The van der Waals surface area contributed by atoms with Crippen LogP contribution in [0.2, 0.25) is 0 Å². The van der Waals surface area contributed by atoms with Crippen molar-refractivity contribution < 1.29 is 0 Å². The fourth-order valence-electron chi connectivity index (χ4n) is 2.83. The zero-order valence-corrected chi connectivity index (χ0v) is 14.7. The number of nitrogens with one attached hydrogen (secondary N) is 3. The molecular formula is C14H26IN5. The number of hydrogen-bond acceptors (Lipinski definition) is 2. The van der Waals surface area contributed by atoms with E-state index in [-0.39, 0.29) is 24.0 Å². The van der Waals surface area contributed by atoms with Crippen LogP contribution < -0.4 is 10.6 Å². The molecule has 0 aromatic carbocycles. The minimum Gasteiger partial charge on any atom is -0.356 e. The molecule has 0 spiro atoms. The molecule has 1 aliphatic carbocycles. The van der Waals surface area contributed by atoms with Crippen molar-refractivity contribution in [3.8, 4) is 0 Å². The van der Waals surface area contributed by atoms with Crippen LogP contribution in [0.4, 0.5) is 0 Å². The number of rotatable bonds is 5. The van der Waals surface area contributed by atoms with Gasteiger partial charge in [0, 0.05) is 19.8 Å². The van der Waals surface area contributed by atoms with Gasteiger partial charge < -0.3 is 10.6 Å². The average Bonchev–Trinajstić information content (AvgIpc) is 3.11. The molecule has 5 nitrogen and oxygen atoms in total. The van der Waals surface area contributed by atoms with E-state index in [1.165, 1.54) is 32.1 Å². The maximum atomic E-state index is 4.27. The van der Waals surface area contributed by atoms with Crippen LogP contribution in [-0.2, 0) is 6.54 Å². The Morgan fingerprint density at radius 1 is 1.40 bits per heavy atom. The van der Waals surface area contributed by atoms with Gasteiger partial charge in [-0.05, 0) is 30.7 Å². The first-order chi connectivity index (χ1) is 9.28. The van der Waals surface area contributed by atoms with Crippen LogP contribution in [0.3, 0.4) is 0 Å². The standard InChI is InChI=1S/C14H25N5.HI/c1-3-14(7-4-5-8-14)11-17-13(15-2)16-10-12-6-9-18-19-12;/h6,9H,3-5,7-8,10-11H2,1-2H3,(H,18,19)(H2,15,16,17);1H. The monoisotopic (exact) mass is 391 g/mol. The topological polar surface area (TPSA) is 65.1 Å². The molecule has 6 heteroatoms. The first-order valence-electron chi connectivity index (χ1n) is 7.21. The number of H-pyrrole nitrogens is 1. The molecule has 1 heterocycles. The largest absolute Gasteiger partial charge is 0.356 e. The second-order valence-electron chi connectivity index (χ2n) is 5.42. The maximum absolute atomic E-state index is 4.27. The Labute approximate surface area is 138 Å². The number of nitrogens with zero attached hydrogens (tertiary/aromatic N) is 2. The molecule has 0 saturated heterocycles. The van der Waals surface area contributed by atoms with Crippen molar-refractivity contribution in [2.24, 2.45) is 10.4 Å². The highest BCUT2D eigenvalue weighted by atomic mass is 127. The molecule has 0 unspecified atom stereocenters. The van der Waals surface area contributed by atoms with Gasteiger partial charge in [0.05, 0.1) is 12.2 Å². The second-order valence-corrected chi connectivity index (χ2v) is 5.42. The molecule has 0 aliphatic heterocycles. The smallest absolute Gasteiger partial charge is 0.191 e. The lowest BCUT2D eigenvalue weighted by atomic mass is 9.83. The van der Waals surface area contributed by atoms with Gasteiger partial charge in [0.2, 0.25) is 0 Å². The summed E-state index contributed by atoms with van der Waals surface area (Å²) in [4.78, 5) is 4.27. The summed E-state index contributed by atoms with van der Waals surface area (Å²) >= 11 is 0. The summed E-state index contributed by atoms with van der Waals surface area (Å²) in [6.07, 6.45) is 8.43. The van der Waals surface area contributed by atoms with Gasteiger partial charge in [-0.25, -0.2) is 0 Å².